The minimum Gasteiger partial charge on any atom is -0.303 e. The minimum absolute atomic E-state index is 0.173. The van der Waals surface area contributed by atoms with Crippen molar-refractivity contribution in [3.8, 4) is 0 Å². The number of likely N-dealkylation sites (tertiary alicyclic amines) is 2. The van der Waals surface area contributed by atoms with Crippen molar-refractivity contribution in [2.75, 3.05) is 39.3 Å². The summed E-state index contributed by atoms with van der Waals surface area (Å²) < 4.78 is 0. The van der Waals surface area contributed by atoms with Crippen LogP contribution in [0.25, 0.3) is 0 Å². The predicted molar refractivity (Wildman–Crippen MR) is 103 cm³/mol. The molecule has 4 heteroatoms. The highest BCUT2D eigenvalue weighted by molar-refractivity contribution is 5.93. The Morgan fingerprint density at radius 1 is 0.760 bits per heavy atom. The van der Waals surface area contributed by atoms with Gasteiger partial charge in [0.15, 0.2) is 0 Å². The van der Waals surface area contributed by atoms with E-state index < -0.39 is 0 Å². The topological polar surface area (TPSA) is 40.6 Å². The zero-order valence-electron chi connectivity index (χ0n) is 16.1. The Bertz CT molecular complexity index is 374. The molecule has 0 bridgehead atoms. The number of piperidine rings is 2. The lowest BCUT2D eigenvalue weighted by molar-refractivity contribution is -0.127. The zero-order valence-corrected chi connectivity index (χ0v) is 16.1. The van der Waals surface area contributed by atoms with Gasteiger partial charge in [0.05, 0.1) is 5.92 Å². The van der Waals surface area contributed by atoms with Crippen molar-refractivity contribution in [3.05, 3.63) is 0 Å². The number of Topliss-reactive ketones (excluding diaryl/α,β-unsaturated/α-hetero) is 1. The van der Waals surface area contributed by atoms with Gasteiger partial charge in [0, 0.05) is 6.42 Å². The number of hydrogen-bond donors (Lipinski definition) is 0. The fourth-order valence-electron chi connectivity index (χ4n) is 4.19. The van der Waals surface area contributed by atoms with Crippen molar-refractivity contribution in [1.29, 1.82) is 0 Å². The van der Waals surface area contributed by atoms with Crippen LogP contribution in [-0.4, -0.2) is 61.1 Å². The van der Waals surface area contributed by atoms with Crippen LogP contribution in [0.2, 0.25) is 0 Å². The number of aldehydes is 1. The first-order valence-corrected chi connectivity index (χ1v) is 10.7. The number of hydrogen-bond acceptors (Lipinski definition) is 4. The van der Waals surface area contributed by atoms with E-state index in [0.717, 1.165) is 51.5 Å². The molecule has 2 aliphatic heterocycles. The molecule has 144 valence electrons. The molecule has 0 spiro atoms. The molecule has 0 amide bonds. The largest absolute Gasteiger partial charge is 0.303 e. The molecule has 2 heterocycles. The molecule has 1 unspecified atom stereocenters. The van der Waals surface area contributed by atoms with Crippen LogP contribution in [0.15, 0.2) is 0 Å². The van der Waals surface area contributed by atoms with E-state index in [2.05, 4.69) is 9.80 Å². The van der Waals surface area contributed by atoms with E-state index in [4.69, 9.17) is 0 Å². The molecule has 2 rings (SSSR count). The van der Waals surface area contributed by atoms with Gasteiger partial charge in [0.1, 0.15) is 12.1 Å². The summed E-state index contributed by atoms with van der Waals surface area (Å²) in [5, 5.41) is 0. The van der Waals surface area contributed by atoms with Gasteiger partial charge in [-0.15, -0.1) is 0 Å². The first kappa shape index (κ1) is 20.6. The molecule has 2 fully saturated rings. The highest BCUT2D eigenvalue weighted by Gasteiger charge is 2.17. The van der Waals surface area contributed by atoms with Crippen LogP contribution in [0.3, 0.4) is 0 Å². The average Bonchev–Trinajstić information content (AvgIpc) is 2.67. The summed E-state index contributed by atoms with van der Waals surface area (Å²) in [6.07, 6.45) is 14.4. The van der Waals surface area contributed by atoms with Crippen molar-refractivity contribution >= 4 is 12.1 Å². The Morgan fingerprint density at radius 2 is 1.28 bits per heavy atom. The molecule has 0 aliphatic carbocycles. The maximum atomic E-state index is 12.3. The number of carbonyl (C=O) groups is 2. The summed E-state index contributed by atoms with van der Waals surface area (Å²) in [5.74, 6) is -0.178. The molecule has 0 aromatic heterocycles. The fraction of sp³-hybridized carbons (Fsp3) is 0.905. The van der Waals surface area contributed by atoms with Crippen LogP contribution in [0, 0.1) is 5.92 Å². The van der Waals surface area contributed by atoms with Crippen molar-refractivity contribution < 1.29 is 9.59 Å². The molecule has 2 aliphatic rings. The molecule has 0 radical (unpaired) electrons. The van der Waals surface area contributed by atoms with Gasteiger partial charge in [-0.05, 0) is 90.6 Å². The molecule has 0 N–H and O–H groups in total. The lowest BCUT2D eigenvalue weighted by atomic mass is 9.95. The Morgan fingerprint density at radius 3 is 1.80 bits per heavy atom. The summed E-state index contributed by atoms with van der Waals surface area (Å²) in [5.41, 5.74) is 0. The van der Waals surface area contributed by atoms with Crippen molar-refractivity contribution in [2.45, 2.75) is 77.0 Å². The van der Waals surface area contributed by atoms with Gasteiger partial charge in [-0.25, -0.2) is 0 Å². The summed E-state index contributed by atoms with van der Waals surface area (Å²) in [6.45, 7) is 7.16. The number of rotatable bonds is 12. The van der Waals surface area contributed by atoms with E-state index in [1.807, 2.05) is 0 Å². The van der Waals surface area contributed by atoms with Gasteiger partial charge < -0.3 is 14.6 Å². The molecule has 4 nitrogen and oxygen atoms in total. The molecular weight excluding hydrogens is 312 g/mol. The van der Waals surface area contributed by atoms with E-state index >= 15 is 0 Å². The lowest BCUT2D eigenvalue weighted by Gasteiger charge is -2.26. The zero-order chi connectivity index (χ0) is 17.7. The van der Waals surface area contributed by atoms with E-state index in [-0.39, 0.29) is 11.7 Å². The molecule has 0 aromatic carbocycles. The molecule has 0 saturated carbocycles. The molecule has 2 saturated heterocycles. The van der Waals surface area contributed by atoms with Crippen LogP contribution >= 0.6 is 0 Å². The van der Waals surface area contributed by atoms with Crippen LogP contribution < -0.4 is 0 Å². The quantitative estimate of drug-likeness (QED) is 0.306. The predicted octanol–water partition coefficient (Wildman–Crippen LogP) is 3.68. The number of unbranched alkanes of at least 4 members (excludes halogenated alkanes) is 2. The van der Waals surface area contributed by atoms with Crippen LogP contribution in [-0.2, 0) is 9.59 Å². The minimum atomic E-state index is -0.351. The van der Waals surface area contributed by atoms with Crippen LogP contribution in [0.1, 0.15) is 77.0 Å². The molecule has 25 heavy (non-hydrogen) atoms. The van der Waals surface area contributed by atoms with Gasteiger partial charge in [0.2, 0.25) is 0 Å². The standard InChI is InChI=1S/C21H38N2O2/c24-19-20(11-3-9-17-22-13-5-1-6-14-22)21(25)12-4-10-18-23-15-7-2-8-16-23/h19-20H,1-18H2. The van der Waals surface area contributed by atoms with Gasteiger partial charge >= 0.3 is 0 Å². The van der Waals surface area contributed by atoms with Crippen LogP contribution in [0.4, 0.5) is 0 Å². The van der Waals surface area contributed by atoms with Crippen molar-refractivity contribution in [1.82, 2.24) is 9.80 Å². The highest BCUT2D eigenvalue weighted by Crippen LogP contribution is 2.15. The third-order valence-corrected chi connectivity index (χ3v) is 5.86. The number of carbonyl (C=O) groups excluding carboxylic acids is 2. The SMILES string of the molecule is O=CC(CCCCN1CCCCC1)C(=O)CCCCN1CCCCC1. The third-order valence-electron chi connectivity index (χ3n) is 5.86. The van der Waals surface area contributed by atoms with E-state index in [1.54, 1.807) is 0 Å². The maximum absolute atomic E-state index is 12.3. The number of ketones is 1. The normalized spacial score (nSPS) is 21.1. The smallest absolute Gasteiger partial charge is 0.143 e. The van der Waals surface area contributed by atoms with Gasteiger partial charge in [0.25, 0.3) is 0 Å². The number of nitrogens with zero attached hydrogens (tertiary/aromatic N) is 2. The summed E-state index contributed by atoms with van der Waals surface area (Å²) >= 11 is 0. The Balaban J connectivity index is 1.51. The monoisotopic (exact) mass is 350 g/mol. The van der Waals surface area contributed by atoms with E-state index in [9.17, 15) is 9.59 Å². The van der Waals surface area contributed by atoms with Gasteiger partial charge in [-0.1, -0.05) is 19.3 Å². The Hall–Kier alpha value is -0.740. The van der Waals surface area contributed by atoms with Crippen molar-refractivity contribution in [2.24, 2.45) is 5.92 Å². The second-order valence-corrected chi connectivity index (χ2v) is 7.97. The van der Waals surface area contributed by atoms with Crippen LogP contribution in [0.5, 0.6) is 0 Å². The van der Waals surface area contributed by atoms with Gasteiger partial charge in [-0.3, -0.25) is 4.79 Å². The summed E-state index contributed by atoms with van der Waals surface area (Å²) in [4.78, 5) is 28.6. The average molecular weight is 351 g/mol. The lowest BCUT2D eigenvalue weighted by Crippen LogP contribution is -2.30. The second kappa shape index (κ2) is 12.6. The molecule has 1 atom stereocenters. The Kier molecular flexibility index (Phi) is 10.4. The van der Waals surface area contributed by atoms with E-state index in [1.165, 1.54) is 64.7 Å². The summed E-state index contributed by atoms with van der Waals surface area (Å²) in [7, 11) is 0. The molecule has 0 aromatic rings. The third kappa shape index (κ3) is 8.46. The summed E-state index contributed by atoms with van der Waals surface area (Å²) in [6, 6.07) is 0. The first-order valence-electron chi connectivity index (χ1n) is 10.7. The fourth-order valence-corrected chi connectivity index (χ4v) is 4.19. The van der Waals surface area contributed by atoms with E-state index in [0.29, 0.717) is 6.42 Å². The first-order chi connectivity index (χ1) is 12.3. The maximum Gasteiger partial charge on any atom is 0.143 e. The Labute approximate surface area is 154 Å². The highest BCUT2D eigenvalue weighted by atomic mass is 16.1. The van der Waals surface area contributed by atoms with Gasteiger partial charge in [-0.2, -0.15) is 0 Å². The second-order valence-electron chi connectivity index (χ2n) is 7.97. The van der Waals surface area contributed by atoms with Crippen molar-refractivity contribution in [3.63, 3.8) is 0 Å². The molecular formula is C21H38N2O2.